The fourth-order valence-electron chi connectivity index (χ4n) is 5.38. The Balaban J connectivity index is 1.26. The molecule has 0 fully saturated rings. The summed E-state index contributed by atoms with van der Waals surface area (Å²) in [4.78, 5) is 23.5. The molecule has 36 heavy (non-hydrogen) atoms. The predicted molar refractivity (Wildman–Crippen MR) is 148 cm³/mol. The molecular formula is C29H36N6O. The molecule has 188 valence electrons. The average molecular weight is 485 g/mol. The Morgan fingerprint density at radius 1 is 0.833 bits per heavy atom. The number of H-pyrrole nitrogens is 1. The van der Waals surface area contributed by atoms with Crippen molar-refractivity contribution in [1.29, 1.82) is 0 Å². The van der Waals surface area contributed by atoms with E-state index in [1.807, 2.05) is 41.3 Å². The second-order valence-corrected chi connectivity index (χ2v) is 9.94. The molecular weight excluding hydrogens is 448 g/mol. The number of amides is 1. The van der Waals surface area contributed by atoms with Crippen molar-refractivity contribution in [2.24, 2.45) is 17.2 Å². The van der Waals surface area contributed by atoms with Gasteiger partial charge in [0.2, 0.25) is 0 Å². The summed E-state index contributed by atoms with van der Waals surface area (Å²) in [6, 6.07) is 18.5. The number of hydrogen-bond acceptors (Lipinski definition) is 5. The third-order valence-electron chi connectivity index (χ3n) is 7.31. The lowest BCUT2D eigenvalue weighted by atomic mass is 10.00. The maximum atomic E-state index is 13.3. The maximum absolute atomic E-state index is 13.3. The summed E-state index contributed by atoms with van der Waals surface area (Å²) < 4.78 is 0. The van der Waals surface area contributed by atoms with E-state index in [1.165, 1.54) is 0 Å². The second kappa shape index (κ2) is 10.8. The molecule has 7 nitrogen and oxygen atoms in total. The zero-order valence-corrected chi connectivity index (χ0v) is 20.7. The van der Waals surface area contributed by atoms with Crippen LogP contribution < -0.4 is 22.1 Å². The number of carbonyl (C=O) groups is 1. The zero-order valence-electron chi connectivity index (χ0n) is 20.7. The number of nitrogens with two attached hydrogens (primary N) is 3. The highest BCUT2D eigenvalue weighted by molar-refractivity contribution is 6.26. The van der Waals surface area contributed by atoms with E-state index < -0.39 is 0 Å². The first-order valence-corrected chi connectivity index (χ1v) is 13.1. The lowest BCUT2D eigenvalue weighted by Crippen LogP contribution is -2.29. The molecule has 0 bridgehead atoms. The van der Waals surface area contributed by atoms with Crippen molar-refractivity contribution in [2.45, 2.75) is 57.0 Å². The van der Waals surface area contributed by atoms with Crippen LogP contribution in [0, 0.1) is 0 Å². The van der Waals surface area contributed by atoms with Gasteiger partial charge in [-0.15, -0.1) is 0 Å². The van der Waals surface area contributed by atoms with Crippen LogP contribution in [0.25, 0.3) is 33.2 Å². The first-order valence-electron chi connectivity index (χ1n) is 13.1. The molecule has 1 aliphatic heterocycles. The Morgan fingerprint density at radius 2 is 1.58 bits per heavy atom. The van der Waals surface area contributed by atoms with Gasteiger partial charge in [0, 0.05) is 35.1 Å². The fraction of sp³-hybridized carbons (Fsp3) is 0.379. The van der Waals surface area contributed by atoms with E-state index >= 15 is 0 Å². The number of aromatic amines is 1. The highest BCUT2D eigenvalue weighted by Crippen LogP contribution is 2.41. The number of nitrogens with one attached hydrogen (secondary N) is 1. The molecule has 1 aliphatic rings. The number of para-hydroxylation sites is 2. The van der Waals surface area contributed by atoms with Crippen molar-refractivity contribution in [3.8, 4) is 11.4 Å². The highest BCUT2D eigenvalue weighted by Gasteiger charge is 2.30. The SMILES string of the molecule is NCCCC(N)CCCC(N)CCCN1C(=O)c2cccc3c(-c4nc5ccccc5[nH]4)ccc1c23. The Kier molecular flexibility index (Phi) is 7.32. The summed E-state index contributed by atoms with van der Waals surface area (Å²) in [5, 5.41) is 2.05. The van der Waals surface area contributed by atoms with Gasteiger partial charge >= 0.3 is 0 Å². The maximum Gasteiger partial charge on any atom is 0.258 e. The van der Waals surface area contributed by atoms with E-state index in [0.717, 1.165) is 89.4 Å². The summed E-state index contributed by atoms with van der Waals surface area (Å²) in [6.07, 6.45) is 6.69. The smallest absolute Gasteiger partial charge is 0.258 e. The molecule has 4 aromatic rings. The van der Waals surface area contributed by atoms with Crippen LogP contribution in [0.3, 0.4) is 0 Å². The van der Waals surface area contributed by atoms with Crippen molar-refractivity contribution in [1.82, 2.24) is 9.97 Å². The number of fused-ring (bicyclic) bond motifs is 1. The average Bonchev–Trinajstić information content (AvgIpc) is 3.44. The van der Waals surface area contributed by atoms with Crippen molar-refractivity contribution in [3.63, 3.8) is 0 Å². The molecule has 2 unspecified atom stereocenters. The summed E-state index contributed by atoms with van der Waals surface area (Å²) >= 11 is 0. The summed E-state index contributed by atoms with van der Waals surface area (Å²) in [5.41, 5.74) is 22.8. The Bertz CT molecular complexity index is 1330. The molecule has 7 N–H and O–H groups in total. The van der Waals surface area contributed by atoms with Crippen LogP contribution in [-0.2, 0) is 0 Å². The Labute approximate surface area is 212 Å². The number of imidazole rings is 1. The number of anilines is 1. The lowest BCUT2D eigenvalue weighted by molar-refractivity contribution is 0.0992. The number of nitrogens with zero attached hydrogens (tertiary/aromatic N) is 2. The molecule has 7 heteroatoms. The summed E-state index contributed by atoms with van der Waals surface area (Å²) in [5.74, 6) is 0.885. The first kappa shape index (κ1) is 24.4. The third-order valence-corrected chi connectivity index (χ3v) is 7.31. The van der Waals surface area contributed by atoms with Gasteiger partial charge in [0.05, 0.1) is 16.7 Å². The van der Waals surface area contributed by atoms with E-state index in [9.17, 15) is 4.79 Å². The molecule has 0 saturated heterocycles. The van der Waals surface area contributed by atoms with E-state index in [2.05, 4.69) is 23.2 Å². The van der Waals surface area contributed by atoms with E-state index in [4.69, 9.17) is 22.2 Å². The van der Waals surface area contributed by atoms with Gasteiger partial charge in [-0.1, -0.05) is 30.7 Å². The Hall–Kier alpha value is -3.26. The molecule has 0 spiro atoms. The molecule has 1 aromatic heterocycles. The quantitative estimate of drug-likeness (QED) is 0.232. The number of rotatable bonds is 12. The van der Waals surface area contributed by atoms with E-state index in [0.29, 0.717) is 13.1 Å². The Morgan fingerprint density at radius 3 is 2.36 bits per heavy atom. The molecule has 3 aromatic carbocycles. The van der Waals surface area contributed by atoms with E-state index in [1.54, 1.807) is 0 Å². The minimum atomic E-state index is 0.0665. The van der Waals surface area contributed by atoms with Gasteiger partial charge in [0.15, 0.2) is 0 Å². The van der Waals surface area contributed by atoms with Gasteiger partial charge in [0.25, 0.3) is 5.91 Å². The minimum Gasteiger partial charge on any atom is -0.338 e. The number of aromatic nitrogens is 2. The summed E-state index contributed by atoms with van der Waals surface area (Å²) in [6.45, 7) is 1.36. The third kappa shape index (κ3) is 4.87. The van der Waals surface area contributed by atoms with E-state index in [-0.39, 0.29) is 18.0 Å². The van der Waals surface area contributed by atoms with Gasteiger partial charge < -0.3 is 27.1 Å². The largest absolute Gasteiger partial charge is 0.338 e. The molecule has 2 atom stereocenters. The van der Waals surface area contributed by atoms with Crippen molar-refractivity contribution in [3.05, 3.63) is 60.2 Å². The zero-order chi connectivity index (χ0) is 25.1. The second-order valence-electron chi connectivity index (χ2n) is 9.94. The van der Waals surface area contributed by atoms with Crippen LogP contribution in [0.4, 0.5) is 5.69 Å². The molecule has 0 saturated carbocycles. The molecule has 0 aliphatic carbocycles. The first-order chi connectivity index (χ1) is 17.6. The van der Waals surface area contributed by atoms with Crippen LogP contribution in [0.5, 0.6) is 0 Å². The number of benzene rings is 3. The topological polar surface area (TPSA) is 127 Å². The van der Waals surface area contributed by atoms with Gasteiger partial charge in [0.1, 0.15) is 5.82 Å². The lowest BCUT2D eigenvalue weighted by Gasteiger charge is -2.20. The monoisotopic (exact) mass is 484 g/mol. The normalized spacial score (nSPS) is 14.8. The van der Waals surface area contributed by atoms with Crippen molar-refractivity contribution in [2.75, 3.05) is 18.0 Å². The van der Waals surface area contributed by atoms with Crippen LogP contribution in [0.2, 0.25) is 0 Å². The predicted octanol–water partition coefficient (Wildman–Crippen LogP) is 4.69. The van der Waals surface area contributed by atoms with Gasteiger partial charge in [-0.2, -0.15) is 0 Å². The number of hydrogen-bond donors (Lipinski definition) is 4. The molecule has 1 amide bonds. The van der Waals surface area contributed by atoms with Crippen LogP contribution in [-0.4, -0.2) is 41.0 Å². The van der Waals surface area contributed by atoms with Crippen molar-refractivity contribution < 1.29 is 4.79 Å². The van der Waals surface area contributed by atoms with Crippen LogP contribution in [0.15, 0.2) is 54.6 Å². The molecule has 2 heterocycles. The minimum absolute atomic E-state index is 0.0665. The standard InChI is InChI=1S/C29H36N6O/c30-17-5-9-19(31)7-3-8-20(32)10-6-18-35-26-16-15-22(21-11-4-12-23(27(21)26)29(35)36)28-33-24-13-1-2-14-25(24)34-28/h1-2,4,11-16,19-20H,3,5-10,17-18,30-32H2,(H,33,34). The van der Waals surface area contributed by atoms with Crippen molar-refractivity contribution >= 4 is 33.4 Å². The van der Waals surface area contributed by atoms with Gasteiger partial charge in [-0.05, 0) is 80.8 Å². The molecule has 5 rings (SSSR count). The highest BCUT2D eigenvalue weighted by atomic mass is 16.2. The fourth-order valence-corrected chi connectivity index (χ4v) is 5.38. The van der Waals surface area contributed by atoms with Gasteiger partial charge in [-0.3, -0.25) is 4.79 Å². The molecule has 0 radical (unpaired) electrons. The van der Waals surface area contributed by atoms with Crippen LogP contribution >= 0.6 is 0 Å². The van der Waals surface area contributed by atoms with Crippen LogP contribution in [0.1, 0.15) is 55.3 Å². The summed E-state index contributed by atoms with van der Waals surface area (Å²) in [7, 11) is 0. The van der Waals surface area contributed by atoms with Gasteiger partial charge in [-0.25, -0.2) is 4.98 Å². The number of carbonyl (C=O) groups excluding carboxylic acids is 1.